The van der Waals surface area contributed by atoms with Gasteiger partial charge in [-0.2, -0.15) is 5.10 Å². The molecule has 0 aliphatic heterocycles. The molecule has 0 saturated carbocycles. The molecule has 3 aromatic rings. The fourth-order valence-electron chi connectivity index (χ4n) is 2.81. The fraction of sp³-hybridized carbons (Fsp3) is 0.350. The van der Waals surface area contributed by atoms with E-state index in [0.717, 1.165) is 5.56 Å². The highest BCUT2D eigenvalue weighted by molar-refractivity contribution is 5.99. The number of fused-ring (bicyclic) bond motifs is 1. The predicted molar refractivity (Wildman–Crippen MR) is 110 cm³/mol. The van der Waals surface area contributed by atoms with Crippen molar-refractivity contribution in [3.8, 4) is 17.0 Å². The first-order valence-corrected chi connectivity index (χ1v) is 9.27. The van der Waals surface area contributed by atoms with Crippen LogP contribution in [-0.2, 0) is 4.74 Å². The Morgan fingerprint density at radius 1 is 1.34 bits per heavy atom. The van der Waals surface area contributed by atoms with Crippen molar-refractivity contribution >= 4 is 22.8 Å². The van der Waals surface area contributed by atoms with Gasteiger partial charge in [0.05, 0.1) is 30.1 Å². The van der Waals surface area contributed by atoms with Gasteiger partial charge in [0.25, 0.3) is 0 Å². The molecule has 2 heterocycles. The first kappa shape index (κ1) is 20.6. The summed E-state index contributed by atoms with van der Waals surface area (Å²) in [5.41, 5.74) is 8.03. The first-order valence-electron chi connectivity index (χ1n) is 9.27. The van der Waals surface area contributed by atoms with Crippen molar-refractivity contribution in [2.45, 2.75) is 26.0 Å². The zero-order valence-electron chi connectivity index (χ0n) is 16.6. The number of amides is 1. The van der Waals surface area contributed by atoms with E-state index in [1.165, 1.54) is 7.11 Å². The average Bonchev–Trinajstić information content (AvgIpc) is 3.16. The molecule has 0 saturated heterocycles. The van der Waals surface area contributed by atoms with E-state index in [9.17, 15) is 9.90 Å². The number of carbonyl (C=O) groups excluding carboxylic acids is 1. The Bertz CT molecular complexity index is 1000. The van der Waals surface area contributed by atoms with Crippen LogP contribution in [0, 0.1) is 0 Å². The molecule has 1 amide bonds. The molecule has 1 unspecified atom stereocenters. The lowest BCUT2D eigenvalue weighted by molar-refractivity contribution is 0.114. The van der Waals surface area contributed by atoms with E-state index in [-0.39, 0.29) is 19.2 Å². The highest BCUT2D eigenvalue weighted by atomic mass is 16.5. The molecule has 0 spiro atoms. The van der Waals surface area contributed by atoms with Crippen LogP contribution in [0.3, 0.4) is 0 Å². The van der Waals surface area contributed by atoms with Gasteiger partial charge in [0.2, 0.25) is 0 Å². The second-order valence-electron chi connectivity index (χ2n) is 6.82. The minimum atomic E-state index is -0.732. The van der Waals surface area contributed by atoms with Crippen LogP contribution in [0.4, 0.5) is 10.5 Å². The zero-order valence-corrected chi connectivity index (χ0v) is 16.6. The molecule has 0 aliphatic carbocycles. The van der Waals surface area contributed by atoms with E-state index >= 15 is 0 Å². The number of pyridine rings is 1. The lowest BCUT2D eigenvalue weighted by Gasteiger charge is -2.13. The third-order valence-corrected chi connectivity index (χ3v) is 4.32. The van der Waals surface area contributed by atoms with Crippen molar-refractivity contribution < 1.29 is 19.4 Å². The van der Waals surface area contributed by atoms with Gasteiger partial charge in [0.1, 0.15) is 18.5 Å². The summed E-state index contributed by atoms with van der Waals surface area (Å²) in [7, 11) is 1.31. The number of aliphatic hydroxyl groups is 1. The molecule has 0 aliphatic rings. The molecule has 154 valence electrons. The SMILES string of the molecule is COC(=O)Nc1cc(-c2cccc(OCC(O)CN)c2)nc2c1cnn2C(C)C. The maximum absolute atomic E-state index is 11.8. The molecule has 9 nitrogen and oxygen atoms in total. The van der Waals surface area contributed by atoms with E-state index in [1.54, 1.807) is 23.0 Å². The monoisotopic (exact) mass is 399 g/mol. The van der Waals surface area contributed by atoms with Gasteiger partial charge >= 0.3 is 6.09 Å². The van der Waals surface area contributed by atoms with Crippen molar-refractivity contribution in [2.75, 3.05) is 25.6 Å². The van der Waals surface area contributed by atoms with Crippen molar-refractivity contribution in [1.29, 1.82) is 0 Å². The zero-order chi connectivity index (χ0) is 21.0. The summed E-state index contributed by atoms with van der Waals surface area (Å²) in [6.07, 6.45) is 0.364. The Morgan fingerprint density at radius 3 is 2.83 bits per heavy atom. The van der Waals surface area contributed by atoms with E-state index < -0.39 is 12.2 Å². The molecule has 9 heteroatoms. The predicted octanol–water partition coefficient (Wildman–Crippen LogP) is 2.56. The normalized spacial score (nSPS) is 12.2. The van der Waals surface area contributed by atoms with E-state index in [4.69, 9.17) is 20.2 Å². The lowest BCUT2D eigenvalue weighted by atomic mass is 10.1. The van der Waals surface area contributed by atoms with Gasteiger partial charge in [-0.1, -0.05) is 12.1 Å². The number of anilines is 1. The van der Waals surface area contributed by atoms with Crippen LogP contribution < -0.4 is 15.8 Å². The Labute approximate surface area is 168 Å². The Balaban J connectivity index is 2.04. The van der Waals surface area contributed by atoms with Crippen molar-refractivity contribution in [3.63, 3.8) is 0 Å². The summed E-state index contributed by atoms with van der Waals surface area (Å²) in [6.45, 7) is 4.23. The average molecular weight is 399 g/mol. The number of aliphatic hydroxyl groups excluding tert-OH is 1. The fourth-order valence-corrected chi connectivity index (χ4v) is 2.81. The van der Waals surface area contributed by atoms with Crippen molar-refractivity contribution in [1.82, 2.24) is 14.8 Å². The molecule has 1 atom stereocenters. The third-order valence-electron chi connectivity index (χ3n) is 4.32. The number of nitrogens with zero attached hydrogens (tertiary/aromatic N) is 3. The van der Waals surface area contributed by atoms with Gasteiger partial charge in [0.15, 0.2) is 5.65 Å². The number of ether oxygens (including phenoxy) is 2. The molecule has 29 heavy (non-hydrogen) atoms. The summed E-state index contributed by atoms with van der Waals surface area (Å²) in [4.78, 5) is 16.6. The highest BCUT2D eigenvalue weighted by Gasteiger charge is 2.16. The summed E-state index contributed by atoms with van der Waals surface area (Å²) in [5, 5.41) is 17.4. The number of carbonyl (C=O) groups is 1. The van der Waals surface area contributed by atoms with Crippen LogP contribution in [0.1, 0.15) is 19.9 Å². The molecule has 3 rings (SSSR count). The first-order chi connectivity index (χ1) is 13.9. The largest absolute Gasteiger partial charge is 0.491 e. The second kappa shape index (κ2) is 8.89. The molecule has 1 aromatic carbocycles. The molecule has 0 bridgehead atoms. The van der Waals surface area contributed by atoms with Gasteiger partial charge < -0.3 is 20.3 Å². The number of benzene rings is 1. The van der Waals surface area contributed by atoms with Gasteiger partial charge in [-0.05, 0) is 32.0 Å². The van der Waals surface area contributed by atoms with Crippen LogP contribution in [0.15, 0.2) is 36.5 Å². The molecule has 4 N–H and O–H groups in total. The molecule has 0 radical (unpaired) electrons. The van der Waals surface area contributed by atoms with Crippen LogP contribution in [-0.4, -0.2) is 52.3 Å². The van der Waals surface area contributed by atoms with E-state index in [0.29, 0.717) is 28.2 Å². The quantitative estimate of drug-likeness (QED) is 0.557. The topological polar surface area (TPSA) is 125 Å². The maximum Gasteiger partial charge on any atom is 0.411 e. The van der Waals surface area contributed by atoms with Crippen molar-refractivity contribution in [2.24, 2.45) is 5.73 Å². The lowest BCUT2D eigenvalue weighted by Crippen LogP contribution is -2.26. The standard InChI is InChI=1S/C20H25N5O4/c1-12(2)25-19-16(10-22-25)18(24-20(27)28-3)8-17(23-19)13-5-4-6-15(7-13)29-11-14(26)9-21/h4-8,10,12,14,26H,9,11,21H2,1-3H3,(H,23,24,27). The van der Waals surface area contributed by atoms with Gasteiger partial charge in [-0.25, -0.2) is 14.5 Å². The Kier molecular flexibility index (Phi) is 6.30. The van der Waals surface area contributed by atoms with Gasteiger partial charge in [0, 0.05) is 18.2 Å². The van der Waals surface area contributed by atoms with Crippen LogP contribution in [0.25, 0.3) is 22.3 Å². The van der Waals surface area contributed by atoms with E-state index in [1.807, 2.05) is 32.0 Å². The minimum absolute atomic E-state index is 0.0913. The molecule has 0 fully saturated rings. The highest BCUT2D eigenvalue weighted by Crippen LogP contribution is 2.31. The second-order valence-corrected chi connectivity index (χ2v) is 6.82. The number of nitrogens with two attached hydrogens (primary N) is 1. The van der Waals surface area contributed by atoms with E-state index in [2.05, 4.69) is 10.4 Å². The number of aromatic nitrogens is 3. The summed E-state index contributed by atoms with van der Waals surface area (Å²) in [6, 6.07) is 9.18. The smallest absolute Gasteiger partial charge is 0.411 e. The van der Waals surface area contributed by atoms with Gasteiger partial charge in [-0.15, -0.1) is 0 Å². The number of nitrogens with one attached hydrogen (secondary N) is 1. The minimum Gasteiger partial charge on any atom is -0.491 e. The van der Waals surface area contributed by atoms with Crippen molar-refractivity contribution in [3.05, 3.63) is 36.5 Å². The number of methoxy groups -OCH3 is 1. The number of rotatable bonds is 7. The molecule has 2 aromatic heterocycles. The molecular formula is C20H25N5O4. The maximum atomic E-state index is 11.8. The van der Waals surface area contributed by atoms with Crippen LogP contribution in [0.5, 0.6) is 5.75 Å². The third kappa shape index (κ3) is 4.64. The Hall–Kier alpha value is -3.17. The van der Waals surface area contributed by atoms with Crippen LogP contribution >= 0.6 is 0 Å². The summed E-state index contributed by atoms with van der Waals surface area (Å²) < 4.78 is 12.1. The summed E-state index contributed by atoms with van der Waals surface area (Å²) in [5.74, 6) is 0.580. The van der Waals surface area contributed by atoms with Crippen LogP contribution in [0.2, 0.25) is 0 Å². The molecular weight excluding hydrogens is 374 g/mol. The number of hydrogen-bond donors (Lipinski definition) is 3. The van der Waals surface area contributed by atoms with Gasteiger partial charge in [-0.3, -0.25) is 5.32 Å². The number of hydrogen-bond acceptors (Lipinski definition) is 7. The summed E-state index contributed by atoms with van der Waals surface area (Å²) >= 11 is 0. The Morgan fingerprint density at radius 2 is 2.14 bits per heavy atom.